The van der Waals surface area contributed by atoms with Gasteiger partial charge in [-0.05, 0) is 13.0 Å². The molecule has 8 nitrogen and oxygen atoms in total. The molecular formula is C15H16ClN3O5. The summed E-state index contributed by atoms with van der Waals surface area (Å²) in [6.07, 6.45) is 0. The fourth-order valence-corrected chi connectivity index (χ4v) is 2.66. The maximum absolute atomic E-state index is 12.6. The number of esters is 1. The Morgan fingerprint density at radius 1 is 1.33 bits per heavy atom. The number of ether oxygens (including phenoxy) is 1. The lowest BCUT2D eigenvalue weighted by molar-refractivity contribution is -0.141. The molecule has 0 bridgehead atoms. The van der Waals surface area contributed by atoms with E-state index in [1.54, 1.807) is 24.3 Å². The molecule has 1 aromatic rings. The van der Waals surface area contributed by atoms with Crippen LogP contribution in [-0.4, -0.2) is 48.9 Å². The molecule has 0 aromatic heterocycles. The number of nitrogens with zero attached hydrogens (tertiary/aromatic N) is 1. The van der Waals surface area contributed by atoms with Crippen LogP contribution in [0.2, 0.25) is 5.02 Å². The van der Waals surface area contributed by atoms with E-state index in [9.17, 15) is 19.2 Å². The SMILES string of the molecule is COC(=O)CNC(=O)CN1C(=O)N[C@@](C)(c2ccccc2Cl)C1=O. The number of imide groups is 1. The van der Waals surface area contributed by atoms with E-state index in [4.69, 9.17) is 11.6 Å². The van der Waals surface area contributed by atoms with Gasteiger partial charge in [-0.15, -0.1) is 0 Å². The van der Waals surface area contributed by atoms with Gasteiger partial charge in [0.2, 0.25) is 5.91 Å². The number of benzene rings is 1. The molecule has 0 radical (unpaired) electrons. The van der Waals surface area contributed by atoms with Crippen molar-refractivity contribution in [3.63, 3.8) is 0 Å². The summed E-state index contributed by atoms with van der Waals surface area (Å²) >= 11 is 6.11. The van der Waals surface area contributed by atoms with Crippen molar-refractivity contribution < 1.29 is 23.9 Å². The summed E-state index contributed by atoms with van der Waals surface area (Å²) in [4.78, 5) is 48.3. The van der Waals surface area contributed by atoms with E-state index in [1.165, 1.54) is 14.0 Å². The molecule has 1 aromatic carbocycles. The first-order valence-electron chi connectivity index (χ1n) is 7.02. The summed E-state index contributed by atoms with van der Waals surface area (Å²) in [6.45, 7) is 0.656. The van der Waals surface area contributed by atoms with Gasteiger partial charge in [0.15, 0.2) is 0 Å². The van der Waals surface area contributed by atoms with Crippen LogP contribution in [0.3, 0.4) is 0 Å². The zero-order valence-corrected chi connectivity index (χ0v) is 13.8. The third-order valence-electron chi connectivity index (χ3n) is 3.65. The molecule has 9 heteroatoms. The second-order valence-corrected chi connectivity index (χ2v) is 5.69. The smallest absolute Gasteiger partial charge is 0.325 e. The van der Waals surface area contributed by atoms with Gasteiger partial charge >= 0.3 is 12.0 Å². The third-order valence-corrected chi connectivity index (χ3v) is 3.98. The van der Waals surface area contributed by atoms with Crippen molar-refractivity contribution in [2.45, 2.75) is 12.5 Å². The van der Waals surface area contributed by atoms with Gasteiger partial charge in [0.1, 0.15) is 18.6 Å². The highest BCUT2D eigenvalue weighted by molar-refractivity contribution is 6.32. The van der Waals surface area contributed by atoms with Gasteiger partial charge in [0, 0.05) is 10.6 Å². The first-order chi connectivity index (χ1) is 11.3. The lowest BCUT2D eigenvalue weighted by Crippen LogP contribution is -2.44. The Morgan fingerprint density at radius 2 is 2.00 bits per heavy atom. The molecule has 1 saturated heterocycles. The molecule has 2 rings (SSSR count). The van der Waals surface area contributed by atoms with Crippen molar-refractivity contribution >= 4 is 35.4 Å². The Kier molecular flexibility index (Phi) is 5.08. The summed E-state index contributed by atoms with van der Waals surface area (Å²) in [5.41, 5.74) is -0.930. The summed E-state index contributed by atoms with van der Waals surface area (Å²) in [5, 5.41) is 5.14. The zero-order chi connectivity index (χ0) is 17.9. The van der Waals surface area contributed by atoms with Crippen molar-refractivity contribution in [1.82, 2.24) is 15.5 Å². The normalized spacial score (nSPS) is 19.9. The van der Waals surface area contributed by atoms with E-state index >= 15 is 0 Å². The Hall–Kier alpha value is -2.61. The molecule has 0 aliphatic carbocycles. The molecule has 0 unspecified atom stereocenters. The molecule has 1 atom stereocenters. The van der Waals surface area contributed by atoms with Gasteiger partial charge in [-0.2, -0.15) is 0 Å². The summed E-state index contributed by atoms with van der Waals surface area (Å²) in [5.74, 6) is -1.90. The van der Waals surface area contributed by atoms with Crippen LogP contribution in [0.4, 0.5) is 4.79 Å². The standard InChI is InChI=1S/C15H16ClN3O5/c1-15(9-5-3-4-6-10(9)16)13(22)19(14(23)18-15)8-11(20)17-7-12(21)24-2/h3-6H,7-8H2,1-2H3,(H,17,20)(H,18,23)/t15-/m0/s1. The summed E-state index contributed by atoms with van der Waals surface area (Å²) in [7, 11) is 1.18. The number of rotatable bonds is 5. The van der Waals surface area contributed by atoms with Gasteiger partial charge in [-0.25, -0.2) is 4.79 Å². The minimum Gasteiger partial charge on any atom is -0.468 e. The predicted molar refractivity (Wildman–Crippen MR) is 84.1 cm³/mol. The van der Waals surface area contributed by atoms with E-state index in [0.717, 1.165) is 4.90 Å². The second-order valence-electron chi connectivity index (χ2n) is 5.28. The summed E-state index contributed by atoms with van der Waals surface area (Å²) in [6, 6.07) is 5.91. The molecule has 24 heavy (non-hydrogen) atoms. The van der Waals surface area contributed by atoms with Crippen LogP contribution < -0.4 is 10.6 Å². The van der Waals surface area contributed by atoms with Crippen molar-refractivity contribution in [3.05, 3.63) is 34.9 Å². The molecule has 1 aliphatic rings. The first-order valence-corrected chi connectivity index (χ1v) is 7.40. The number of methoxy groups -OCH3 is 1. The Morgan fingerprint density at radius 3 is 2.62 bits per heavy atom. The number of nitrogens with one attached hydrogen (secondary N) is 2. The number of halogens is 1. The molecule has 1 heterocycles. The number of carbonyl (C=O) groups is 4. The van der Waals surface area contributed by atoms with Crippen LogP contribution in [0.25, 0.3) is 0 Å². The highest BCUT2D eigenvalue weighted by Crippen LogP contribution is 2.33. The Labute approximate surface area is 143 Å². The van der Waals surface area contributed by atoms with Crippen LogP contribution in [0, 0.1) is 0 Å². The van der Waals surface area contributed by atoms with Gasteiger partial charge in [-0.1, -0.05) is 29.8 Å². The predicted octanol–water partition coefficient (Wildman–Crippen LogP) is 0.396. The minimum absolute atomic E-state index is 0.325. The van der Waals surface area contributed by atoms with Crippen molar-refractivity contribution in [1.29, 1.82) is 0 Å². The Balaban J connectivity index is 2.13. The van der Waals surface area contributed by atoms with E-state index in [0.29, 0.717) is 10.6 Å². The van der Waals surface area contributed by atoms with E-state index in [1.807, 2.05) is 0 Å². The first kappa shape index (κ1) is 17.7. The maximum Gasteiger partial charge on any atom is 0.325 e. The van der Waals surface area contributed by atoms with E-state index < -0.39 is 35.9 Å². The van der Waals surface area contributed by atoms with Crippen molar-refractivity contribution in [2.24, 2.45) is 0 Å². The number of hydrogen-bond acceptors (Lipinski definition) is 5. The Bertz CT molecular complexity index is 708. The zero-order valence-electron chi connectivity index (χ0n) is 13.1. The fraction of sp³-hybridized carbons (Fsp3) is 0.333. The average Bonchev–Trinajstić information content (AvgIpc) is 2.77. The van der Waals surface area contributed by atoms with E-state index in [-0.39, 0.29) is 6.54 Å². The van der Waals surface area contributed by atoms with Gasteiger partial charge in [0.25, 0.3) is 5.91 Å². The third kappa shape index (κ3) is 3.33. The van der Waals surface area contributed by atoms with E-state index in [2.05, 4.69) is 15.4 Å². The average molecular weight is 354 g/mol. The van der Waals surface area contributed by atoms with Crippen LogP contribution in [-0.2, 0) is 24.7 Å². The number of carbonyl (C=O) groups excluding carboxylic acids is 4. The minimum atomic E-state index is -1.36. The fourth-order valence-electron chi connectivity index (χ4n) is 2.33. The van der Waals surface area contributed by atoms with Crippen LogP contribution in [0.15, 0.2) is 24.3 Å². The van der Waals surface area contributed by atoms with Crippen LogP contribution >= 0.6 is 11.6 Å². The topological polar surface area (TPSA) is 105 Å². The number of hydrogen-bond donors (Lipinski definition) is 2. The lowest BCUT2D eigenvalue weighted by atomic mass is 9.92. The molecule has 0 spiro atoms. The quantitative estimate of drug-likeness (QED) is 0.588. The monoisotopic (exact) mass is 353 g/mol. The molecular weight excluding hydrogens is 338 g/mol. The highest BCUT2D eigenvalue weighted by atomic mass is 35.5. The number of amides is 4. The maximum atomic E-state index is 12.6. The largest absolute Gasteiger partial charge is 0.468 e. The molecule has 1 fully saturated rings. The molecule has 0 saturated carbocycles. The van der Waals surface area contributed by atoms with Gasteiger partial charge in [-0.3, -0.25) is 19.3 Å². The van der Waals surface area contributed by atoms with Gasteiger partial charge < -0.3 is 15.4 Å². The molecule has 2 N–H and O–H groups in total. The molecule has 128 valence electrons. The molecule has 4 amide bonds. The highest BCUT2D eigenvalue weighted by Gasteiger charge is 2.50. The van der Waals surface area contributed by atoms with Crippen molar-refractivity contribution in [2.75, 3.05) is 20.2 Å². The van der Waals surface area contributed by atoms with Crippen molar-refractivity contribution in [3.8, 4) is 0 Å². The second kappa shape index (κ2) is 6.88. The summed E-state index contributed by atoms with van der Waals surface area (Å²) < 4.78 is 4.39. The van der Waals surface area contributed by atoms with Crippen LogP contribution in [0.5, 0.6) is 0 Å². The molecule has 1 aliphatic heterocycles. The lowest BCUT2D eigenvalue weighted by Gasteiger charge is -2.23. The van der Waals surface area contributed by atoms with Gasteiger partial charge in [0.05, 0.1) is 7.11 Å². The number of urea groups is 1. The van der Waals surface area contributed by atoms with Crippen LogP contribution in [0.1, 0.15) is 12.5 Å².